The van der Waals surface area contributed by atoms with Crippen LogP contribution in [0.15, 0.2) is 54.7 Å². The Bertz CT molecular complexity index is 979. The van der Waals surface area contributed by atoms with Gasteiger partial charge in [-0.15, -0.1) is 0 Å². The molecule has 1 aromatic heterocycles. The Kier molecular flexibility index (Phi) is 5.31. The van der Waals surface area contributed by atoms with Gasteiger partial charge in [-0.3, -0.25) is 0 Å². The lowest BCUT2D eigenvalue weighted by Crippen LogP contribution is -2.38. The monoisotopic (exact) mass is 373 g/mol. The van der Waals surface area contributed by atoms with Gasteiger partial charge < -0.3 is 9.72 Å². The molecule has 3 rings (SSSR count). The normalized spacial score (nSPS) is 13.2. The molecule has 0 bridgehead atoms. The minimum absolute atomic E-state index is 0.133. The Morgan fingerprint density at radius 1 is 1.12 bits per heavy atom. The molecular formula is C19H23N3O3S. The summed E-state index contributed by atoms with van der Waals surface area (Å²) in [6, 6.07) is 15.7. The van der Waals surface area contributed by atoms with E-state index in [1.165, 1.54) is 18.4 Å². The van der Waals surface area contributed by atoms with Gasteiger partial charge in [0.1, 0.15) is 5.75 Å². The zero-order valence-corrected chi connectivity index (χ0v) is 15.9. The fraction of sp³-hybridized carbons (Fsp3) is 0.263. The summed E-state index contributed by atoms with van der Waals surface area (Å²) in [5, 5.41) is 1.08. The van der Waals surface area contributed by atoms with Crippen molar-refractivity contribution in [1.82, 2.24) is 14.0 Å². The molecule has 26 heavy (non-hydrogen) atoms. The van der Waals surface area contributed by atoms with Gasteiger partial charge in [0, 0.05) is 43.7 Å². The van der Waals surface area contributed by atoms with Gasteiger partial charge in [-0.25, -0.2) is 4.72 Å². The van der Waals surface area contributed by atoms with Crippen molar-refractivity contribution in [3.8, 4) is 5.75 Å². The Balaban J connectivity index is 2.00. The maximum atomic E-state index is 12.2. The van der Waals surface area contributed by atoms with Gasteiger partial charge in [-0.1, -0.05) is 30.3 Å². The highest BCUT2D eigenvalue weighted by Gasteiger charge is 2.22. The maximum Gasteiger partial charge on any atom is 0.278 e. The number of hydrogen-bond donors (Lipinski definition) is 2. The number of fused-ring (bicyclic) bond motifs is 1. The van der Waals surface area contributed by atoms with E-state index in [0.717, 1.165) is 27.8 Å². The molecule has 138 valence electrons. The third-order valence-electron chi connectivity index (χ3n) is 4.47. The van der Waals surface area contributed by atoms with Crippen LogP contribution < -0.4 is 9.46 Å². The molecule has 3 aromatic rings. The van der Waals surface area contributed by atoms with Gasteiger partial charge >= 0.3 is 0 Å². The minimum Gasteiger partial charge on any atom is -0.497 e. The predicted octanol–water partition coefficient (Wildman–Crippen LogP) is 2.70. The van der Waals surface area contributed by atoms with Crippen molar-refractivity contribution < 1.29 is 13.2 Å². The SMILES string of the molecule is COc1ccc(C(CNS(=O)(=O)N(C)C)c2c[nH]c3ccccc23)cc1. The number of nitrogens with zero attached hydrogens (tertiary/aromatic N) is 1. The Labute approximate surface area is 154 Å². The van der Waals surface area contributed by atoms with Crippen molar-refractivity contribution in [2.75, 3.05) is 27.7 Å². The van der Waals surface area contributed by atoms with Crippen molar-refractivity contribution >= 4 is 21.1 Å². The molecule has 0 amide bonds. The van der Waals surface area contributed by atoms with Crippen LogP contribution in [0.25, 0.3) is 10.9 Å². The second-order valence-electron chi connectivity index (χ2n) is 6.25. The van der Waals surface area contributed by atoms with Crippen molar-refractivity contribution in [1.29, 1.82) is 0 Å². The van der Waals surface area contributed by atoms with Gasteiger partial charge in [-0.05, 0) is 29.3 Å². The quantitative estimate of drug-likeness (QED) is 0.669. The molecule has 2 N–H and O–H groups in total. The lowest BCUT2D eigenvalue weighted by atomic mass is 9.91. The first kappa shape index (κ1) is 18.4. The lowest BCUT2D eigenvalue weighted by molar-refractivity contribution is 0.414. The highest BCUT2D eigenvalue weighted by atomic mass is 32.2. The van der Waals surface area contributed by atoms with E-state index < -0.39 is 10.2 Å². The molecule has 0 saturated heterocycles. The van der Waals surface area contributed by atoms with Crippen LogP contribution in [-0.4, -0.2) is 45.5 Å². The number of rotatable bonds is 7. The fourth-order valence-corrected chi connectivity index (χ4v) is 3.58. The summed E-state index contributed by atoms with van der Waals surface area (Å²) in [5.41, 5.74) is 3.08. The second kappa shape index (κ2) is 7.49. The van der Waals surface area contributed by atoms with Crippen molar-refractivity contribution in [2.45, 2.75) is 5.92 Å². The van der Waals surface area contributed by atoms with Gasteiger partial charge in [0.15, 0.2) is 0 Å². The number of methoxy groups -OCH3 is 1. The molecule has 0 radical (unpaired) electrons. The van der Waals surface area contributed by atoms with Crippen LogP contribution in [0.5, 0.6) is 5.75 Å². The predicted molar refractivity (Wildman–Crippen MR) is 104 cm³/mol. The van der Waals surface area contributed by atoms with Crippen LogP contribution in [0.2, 0.25) is 0 Å². The van der Waals surface area contributed by atoms with E-state index in [2.05, 4.69) is 9.71 Å². The average Bonchev–Trinajstić information content (AvgIpc) is 3.06. The molecule has 0 aliphatic heterocycles. The minimum atomic E-state index is -3.51. The number of ether oxygens (including phenoxy) is 1. The van der Waals surface area contributed by atoms with E-state index in [4.69, 9.17) is 4.74 Å². The number of benzene rings is 2. The Hall–Kier alpha value is -2.35. The molecule has 0 fully saturated rings. The second-order valence-corrected chi connectivity index (χ2v) is 8.22. The van der Waals surface area contributed by atoms with Crippen LogP contribution in [0.1, 0.15) is 17.0 Å². The molecule has 0 aliphatic rings. The van der Waals surface area contributed by atoms with Gasteiger partial charge in [0.25, 0.3) is 10.2 Å². The topological polar surface area (TPSA) is 74.4 Å². The Morgan fingerprint density at radius 3 is 2.46 bits per heavy atom. The van der Waals surface area contributed by atoms with Crippen LogP contribution in [-0.2, 0) is 10.2 Å². The fourth-order valence-electron chi connectivity index (χ4n) is 2.94. The van der Waals surface area contributed by atoms with E-state index in [1.807, 2.05) is 54.7 Å². The number of aromatic amines is 1. The summed E-state index contributed by atoms with van der Waals surface area (Å²) in [6.07, 6.45) is 1.95. The summed E-state index contributed by atoms with van der Waals surface area (Å²) in [7, 11) is 1.13. The summed E-state index contributed by atoms with van der Waals surface area (Å²) in [5.74, 6) is 0.632. The van der Waals surface area contributed by atoms with Gasteiger partial charge in [0.2, 0.25) is 0 Å². The first-order valence-electron chi connectivity index (χ1n) is 8.29. The van der Waals surface area contributed by atoms with Crippen LogP contribution >= 0.6 is 0 Å². The summed E-state index contributed by atoms with van der Waals surface area (Å²) >= 11 is 0. The van der Waals surface area contributed by atoms with Crippen LogP contribution in [0.4, 0.5) is 0 Å². The molecule has 6 nitrogen and oxygen atoms in total. The number of hydrogen-bond acceptors (Lipinski definition) is 3. The zero-order chi connectivity index (χ0) is 18.7. The molecule has 1 unspecified atom stereocenters. The molecule has 0 spiro atoms. The third-order valence-corrected chi connectivity index (χ3v) is 5.96. The third kappa shape index (κ3) is 3.75. The van der Waals surface area contributed by atoms with Gasteiger partial charge in [-0.2, -0.15) is 12.7 Å². The van der Waals surface area contributed by atoms with E-state index in [1.54, 1.807) is 7.11 Å². The number of aromatic nitrogens is 1. The molecule has 7 heteroatoms. The smallest absolute Gasteiger partial charge is 0.278 e. The van der Waals surface area contributed by atoms with E-state index in [9.17, 15) is 8.42 Å². The molecule has 1 atom stereocenters. The van der Waals surface area contributed by atoms with E-state index >= 15 is 0 Å². The molecule has 2 aromatic carbocycles. The van der Waals surface area contributed by atoms with E-state index in [-0.39, 0.29) is 12.5 Å². The number of nitrogens with one attached hydrogen (secondary N) is 2. The van der Waals surface area contributed by atoms with Gasteiger partial charge in [0.05, 0.1) is 7.11 Å². The number of H-pyrrole nitrogens is 1. The van der Waals surface area contributed by atoms with Crippen molar-refractivity contribution in [3.05, 3.63) is 65.9 Å². The highest BCUT2D eigenvalue weighted by molar-refractivity contribution is 7.87. The molecule has 0 aliphatic carbocycles. The number of para-hydroxylation sites is 1. The van der Waals surface area contributed by atoms with E-state index in [0.29, 0.717) is 0 Å². The molecular weight excluding hydrogens is 350 g/mol. The average molecular weight is 373 g/mol. The maximum absolute atomic E-state index is 12.2. The molecule has 0 saturated carbocycles. The van der Waals surface area contributed by atoms with Crippen molar-refractivity contribution in [3.63, 3.8) is 0 Å². The standard InChI is InChI=1S/C19H23N3O3S/c1-22(2)26(23,24)21-13-17(14-8-10-15(25-3)11-9-14)18-12-20-19-7-5-4-6-16(18)19/h4-12,17,20-21H,13H2,1-3H3. The Morgan fingerprint density at radius 2 is 1.81 bits per heavy atom. The van der Waals surface area contributed by atoms with Crippen LogP contribution in [0.3, 0.4) is 0 Å². The summed E-state index contributed by atoms with van der Waals surface area (Å²) in [4.78, 5) is 3.27. The lowest BCUT2D eigenvalue weighted by Gasteiger charge is -2.20. The van der Waals surface area contributed by atoms with Crippen molar-refractivity contribution in [2.24, 2.45) is 0 Å². The first-order valence-corrected chi connectivity index (χ1v) is 9.73. The summed E-state index contributed by atoms with van der Waals surface area (Å²) in [6.45, 7) is 0.259. The first-order chi connectivity index (χ1) is 12.4. The van der Waals surface area contributed by atoms with Crippen LogP contribution in [0, 0.1) is 0 Å². The highest BCUT2D eigenvalue weighted by Crippen LogP contribution is 2.31. The molecule has 1 heterocycles. The zero-order valence-electron chi connectivity index (χ0n) is 15.1. The summed E-state index contributed by atoms with van der Waals surface area (Å²) < 4.78 is 33.5. The largest absolute Gasteiger partial charge is 0.497 e.